The number of hydrogen-bond acceptors (Lipinski definition) is 5. The van der Waals surface area contributed by atoms with Crippen LogP contribution in [0.1, 0.15) is 5.56 Å². The molecule has 1 aliphatic heterocycles. The quantitative estimate of drug-likeness (QED) is 0.678. The molecule has 2 aromatic rings. The number of amidine groups is 1. The topological polar surface area (TPSA) is 88.0 Å². The summed E-state index contributed by atoms with van der Waals surface area (Å²) in [4.78, 5) is 4.17. The molecule has 0 saturated carbocycles. The molecular formula is C17H18BrClN2O4S. The molecule has 3 rings (SSSR count). The van der Waals surface area contributed by atoms with Gasteiger partial charge >= 0.3 is 0 Å². The molecule has 0 amide bonds. The van der Waals surface area contributed by atoms with Crippen LogP contribution in [-0.2, 0) is 10.1 Å². The number of hydrogen-bond donors (Lipinski definition) is 2. The highest BCUT2D eigenvalue weighted by Gasteiger charge is 2.10. The van der Waals surface area contributed by atoms with Gasteiger partial charge in [-0.15, -0.1) is 0 Å². The number of para-hydroxylation sites is 1. The Labute approximate surface area is 166 Å². The smallest absolute Gasteiger partial charge is 0.294 e. The second-order valence-corrected chi connectivity index (χ2v) is 8.07. The normalized spacial score (nSPS) is 13.3. The molecule has 2 aromatic carbocycles. The van der Waals surface area contributed by atoms with Gasteiger partial charge in [0.1, 0.15) is 12.4 Å². The average Bonchev–Trinajstić information content (AvgIpc) is 3.08. The third kappa shape index (κ3) is 6.28. The van der Waals surface area contributed by atoms with E-state index in [0.29, 0.717) is 17.4 Å². The van der Waals surface area contributed by atoms with Crippen molar-refractivity contribution in [1.29, 1.82) is 0 Å². The fourth-order valence-corrected chi connectivity index (χ4v) is 3.32. The van der Waals surface area contributed by atoms with Crippen LogP contribution in [0.4, 0.5) is 0 Å². The lowest BCUT2D eigenvalue weighted by atomic mass is 10.2. The minimum atomic E-state index is -4.02. The largest absolute Gasteiger partial charge is 0.483 e. The van der Waals surface area contributed by atoms with E-state index in [9.17, 15) is 8.42 Å². The van der Waals surface area contributed by atoms with Crippen molar-refractivity contribution in [2.45, 2.75) is 11.8 Å². The van der Waals surface area contributed by atoms with Gasteiger partial charge in [0.15, 0.2) is 5.75 Å². The predicted octanol–water partition coefficient (Wildman–Crippen LogP) is 3.72. The Morgan fingerprint density at radius 2 is 1.96 bits per heavy atom. The van der Waals surface area contributed by atoms with E-state index >= 15 is 0 Å². The summed E-state index contributed by atoms with van der Waals surface area (Å²) in [6.45, 7) is 3.99. The van der Waals surface area contributed by atoms with Crippen LogP contribution >= 0.6 is 27.5 Å². The monoisotopic (exact) mass is 460 g/mol. The molecule has 1 heterocycles. The minimum Gasteiger partial charge on any atom is -0.483 e. The van der Waals surface area contributed by atoms with E-state index in [1.165, 1.54) is 12.1 Å². The van der Waals surface area contributed by atoms with Crippen LogP contribution in [0, 0.1) is 6.92 Å². The van der Waals surface area contributed by atoms with E-state index in [2.05, 4.69) is 26.2 Å². The van der Waals surface area contributed by atoms with Crippen molar-refractivity contribution in [3.63, 3.8) is 0 Å². The molecule has 2 N–H and O–H groups in total. The fourth-order valence-electron chi connectivity index (χ4n) is 2.01. The molecule has 0 aromatic heterocycles. The summed E-state index contributed by atoms with van der Waals surface area (Å²) >= 11 is 9.39. The number of ether oxygens (including phenoxy) is 1. The van der Waals surface area contributed by atoms with Crippen molar-refractivity contribution < 1.29 is 17.7 Å². The SMILES string of the molecule is Cc1ccc(S(=O)(=O)O)cc1.Clc1cccc(Br)c1OCC1=NCCN1. The van der Waals surface area contributed by atoms with Gasteiger partial charge in [-0.2, -0.15) is 8.42 Å². The average molecular weight is 462 g/mol. The number of halogens is 2. The first kappa shape index (κ1) is 20.7. The van der Waals surface area contributed by atoms with Crippen molar-refractivity contribution in [1.82, 2.24) is 5.32 Å². The summed E-state index contributed by atoms with van der Waals surface area (Å²) in [5.41, 5.74) is 0.956. The molecule has 140 valence electrons. The molecule has 0 atom stereocenters. The summed E-state index contributed by atoms with van der Waals surface area (Å²) in [5.74, 6) is 1.54. The van der Waals surface area contributed by atoms with E-state index in [1.807, 2.05) is 19.1 Å². The van der Waals surface area contributed by atoms with Crippen molar-refractivity contribution >= 4 is 43.5 Å². The Hall–Kier alpha value is -1.61. The van der Waals surface area contributed by atoms with E-state index < -0.39 is 10.1 Å². The number of nitrogens with zero attached hydrogens (tertiary/aromatic N) is 1. The van der Waals surface area contributed by atoms with Gasteiger partial charge < -0.3 is 10.1 Å². The molecule has 1 aliphatic rings. The number of rotatable bonds is 4. The van der Waals surface area contributed by atoms with Crippen molar-refractivity contribution in [3.05, 3.63) is 57.5 Å². The number of aliphatic imine (C=N–C) groups is 1. The van der Waals surface area contributed by atoms with Crippen molar-refractivity contribution in [3.8, 4) is 5.75 Å². The van der Waals surface area contributed by atoms with Gasteiger partial charge in [0, 0.05) is 6.54 Å². The molecular weight excluding hydrogens is 444 g/mol. The van der Waals surface area contributed by atoms with Gasteiger partial charge in [0.25, 0.3) is 10.1 Å². The van der Waals surface area contributed by atoms with Crippen LogP contribution < -0.4 is 10.1 Å². The van der Waals surface area contributed by atoms with Crippen molar-refractivity contribution in [2.24, 2.45) is 4.99 Å². The zero-order valence-electron chi connectivity index (χ0n) is 13.9. The minimum absolute atomic E-state index is 0.0666. The molecule has 0 bridgehead atoms. The molecule has 0 saturated heterocycles. The van der Waals surface area contributed by atoms with E-state index in [0.717, 1.165) is 29.0 Å². The summed E-state index contributed by atoms with van der Waals surface area (Å²) in [5, 5.41) is 3.73. The first-order chi connectivity index (χ1) is 12.3. The maximum atomic E-state index is 10.5. The lowest BCUT2D eigenvalue weighted by Crippen LogP contribution is -2.25. The molecule has 0 fully saturated rings. The van der Waals surface area contributed by atoms with Crippen LogP contribution in [0.5, 0.6) is 5.75 Å². The zero-order valence-corrected chi connectivity index (χ0v) is 17.1. The molecule has 0 radical (unpaired) electrons. The predicted molar refractivity (Wildman–Crippen MR) is 106 cm³/mol. The van der Waals surface area contributed by atoms with Gasteiger partial charge in [0.05, 0.1) is 20.9 Å². The van der Waals surface area contributed by atoms with Gasteiger partial charge in [-0.05, 0) is 47.1 Å². The first-order valence-corrected chi connectivity index (χ1v) is 10.3. The Morgan fingerprint density at radius 3 is 2.50 bits per heavy atom. The van der Waals surface area contributed by atoms with Crippen LogP contribution in [0.3, 0.4) is 0 Å². The Balaban J connectivity index is 0.000000197. The standard InChI is InChI=1S/C10H10BrClN2O.C7H8O3S/c11-7-2-1-3-8(12)10(7)15-6-9-13-4-5-14-9;1-6-2-4-7(5-3-6)11(8,9)10/h1-3H,4-6H2,(H,13,14);2-5H,1H3,(H,8,9,10). The molecule has 0 spiro atoms. The molecule has 26 heavy (non-hydrogen) atoms. The first-order valence-electron chi connectivity index (χ1n) is 7.65. The Bertz CT molecular complexity index is 866. The summed E-state index contributed by atoms with van der Waals surface area (Å²) in [6.07, 6.45) is 0. The lowest BCUT2D eigenvalue weighted by Gasteiger charge is -2.09. The van der Waals surface area contributed by atoms with E-state index in [1.54, 1.807) is 18.2 Å². The van der Waals surface area contributed by atoms with Crippen molar-refractivity contribution in [2.75, 3.05) is 19.7 Å². The maximum absolute atomic E-state index is 10.5. The van der Waals surface area contributed by atoms with Gasteiger partial charge in [0.2, 0.25) is 0 Å². The molecule has 0 aliphatic carbocycles. The summed E-state index contributed by atoms with van der Waals surface area (Å²) in [6, 6.07) is 11.5. The van der Waals surface area contributed by atoms with Crippen LogP contribution in [0.25, 0.3) is 0 Å². The Kier molecular flexibility index (Phi) is 7.45. The van der Waals surface area contributed by atoms with Crippen LogP contribution in [0.15, 0.2) is 56.8 Å². The summed E-state index contributed by atoms with van der Waals surface area (Å²) in [7, 11) is -4.02. The molecule has 9 heteroatoms. The molecule has 6 nitrogen and oxygen atoms in total. The number of benzene rings is 2. The molecule has 0 unspecified atom stereocenters. The van der Waals surface area contributed by atoms with E-state index in [4.69, 9.17) is 20.9 Å². The highest BCUT2D eigenvalue weighted by atomic mass is 79.9. The highest BCUT2D eigenvalue weighted by Crippen LogP contribution is 2.32. The fraction of sp³-hybridized carbons (Fsp3) is 0.235. The lowest BCUT2D eigenvalue weighted by molar-refractivity contribution is 0.371. The van der Waals surface area contributed by atoms with E-state index in [-0.39, 0.29) is 4.90 Å². The second kappa shape index (κ2) is 9.36. The van der Waals surface area contributed by atoms with Gasteiger partial charge in [-0.3, -0.25) is 9.55 Å². The highest BCUT2D eigenvalue weighted by molar-refractivity contribution is 9.10. The maximum Gasteiger partial charge on any atom is 0.294 e. The third-order valence-corrected chi connectivity index (χ3v) is 5.12. The third-order valence-electron chi connectivity index (χ3n) is 3.33. The second-order valence-electron chi connectivity index (χ2n) is 5.38. The van der Waals surface area contributed by atoms with Gasteiger partial charge in [-0.1, -0.05) is 35.4 Å². The number of aryl methyl sites for hydroxylation is 1. The van der Waals surface area contributed by atoms with Gasteiger partial charge in [-0.25, -0.2) is 0 Å². The van der Waals surface area contributed by atoms with Crippen LogP contribution in [0.2, 0.25) is 5.02 Å². The Morgan fingerprint density at radius 1 is 1.27 bits per heavy atom. The summed E-state index contributed by atoms with van der Waals surface area (Å²) < 4.78 is 36.0. The zero-order chi connectivity index (χ0) is 19.2. The number of nitrogens with one attached hydrogen (secondary N) is 1. The van der Waals surface area contributed by atoms with Crippen LogP contribution in [-0.4, -0.2) is 38.5 Å².